The number of halogens is 5. The van der Waals surface area contributed by atoms with Gasteiger partial charge in [0.1, 0.15) is 11.5 Å². The van der Waals surface area contributed by atoms with Crippen LogP contribution in [-0.4, -0.2) is 31.4 Å². The van der Waals surface area contributed by atoms with Crippen molar-refractivity contribution in [2.24, 2.45) is 0 Å². The van der Waals surface area contributed by atoms with Gasteiger partial charge in [0.05, 0.1) is 21.2 Å². The maximum atomic E-state index is 13.2. The maximum Gasteiger partial charge on any atom is 0.416 e. The van der Waals surface area contributed by atoms with E-state index in [9.17, 15) is 23.1 Å². The number of hydrogen-bond donors (Lipinski definition) is 1. The van der Waals surface area contributed by atoms with E-state index in [1.54, 1.807) is 0 Å². The summed E-state index contributed by atoms with van der Waals surface area (Å²) in [4.78, 5) is 19.4. The molecule has 0 amide bonds. The van der Waals surface area contributed by atoms with Crippen LogP contribution in [0.15, 0.2) is 45.7 Å². The Bertz CT molecular complexity index is 1560. The molecule has 0 bridgehead atoms. The highest BCUT2D eigenvalue weighted by Crippen LogP contribution is 2.46. The predicted octanol–water partition coefficient (Wildman–Crippen LogP) is 8.11. The van der Waals surface area contributed by atoms with E-state index in [2.05, 4.69) is 20.3 Å². The highest BCUT2D eigenvalue weighted by Gasteiger charge is 2.33. The lowest BCUT2D eigenvalue weighted by atomic mass is 10.0. The quantitative estimate of drug-likeness (QED) is 0.183. The number of rotatable bonds is 10. The minimum Gasteiger partial charge on any atom is -0.478 e. The Hall–Kier alpha value is -3.70. The van der Waals surface area contributed by atoms with Crippen molar-refractivity contribution in [3.8, 4) is 22.6 Å². The third-order valence-corrected chi connectivity index (χ3v) is 6.90. The van der Waals surface area contributed by atoms with Crippen LogP contribution in [-0.2, 0) is 12.6 Å². The Morgan fingerprint density at radius 3 is 2.50 bits per heavy atom. The number of unbranched alkanes of at least 4 members (excludes halogenated alkanes) is 2. The number of aromatic nitrogens is 4. The highest BCUT2D eigenvalue weighted by atomic mass is 35.5. The van der Waals surface area contributed by atoms with Crippen molar-refractivity contribution in [1.82, 2.24) is 20.3 Å². The molecule has 0 saturated heterocycles. The lowest BCUT2D eigenvalue weighted by Gasteiger charge is -2.09. The second-order valence-corrected chi connectivity index (χ2v) is 10.1. The molecule has 0 spiro atoms. The topological polar surface area (TPSA) is 115 Å². The molecule has 1 N–H and O–H groups in total. The fourth-order valence-electron chi connectivity index (χ4n) is 4.19. The summed E-state index contributed by atoms with van der Waals surface area (Å²) in [5.74, 6) is -0.236. The maximum absolute atomic E-state index is 13.2. The number of hydrogen-bond acceptors (Lipinski definition) is 7. The molecule has 1 fully saturated rings. The largest absolute Gasteiger partial charge is 0.478 e. The van der Waals surface area contributed by atoms with Crippen LogP contribution in [0.25, 0.3) is 28.7 Å². The van der Waals surface area contributed by atoms with Gasteiger partial charge >= 0.3 is 12.1 Å². The summed E-state index contributed by atoms with van der Waals surface area (Å²) in [5, 5.41) is 17.9. The molecule has 5 rings (SSSR count). The van der Waals surface area contributed by atoms with Crippen molar-refractivity contribution in [3.63, 3.8) is 0 Å². The van der Waals surface area contributed by atoms with Crippen molar-refractivity contribution in [3.05, 3.63) is 75.1 Å². The summed E-state index contributed by atoms with van der Waals surface area (Å²) in [6, 6.07) is 2.45. The second-order valence-electron chi connectivity index (χ2n) is 9.32. The van der Waals surface area contributed by atoms with E-state index >= 15 is 0 Å². The van der Waals surface area contributed by atoms with E-state index in [-0.39, 0.29) is 17.3 Å². The van der Waals surface area contributed by atoms with Gasteiger partial charge in [-0.2, -0.15) is 18.2 Å². The van der Waals surface area contributed by atoms with E-state index in [0.717, 1.165) is 42.7 Å². The lowest BCUT2D eigenvalue weighted by Crippen LogP contribution is -2.08. The normalized spacial score (nSPS) is 13.8. The van der Waals surface area contributed by atoms with Gasteiger partial charge in [0.2, 0.25) is 11.7 Å². The Balaban J connectivity index is 1.22. The number of pyridine rings is 1. The zero-order chi connectivity index (χ0) is 28.4. The smallest absolute Gasteiger partial charge is 0.416 e. The van der Waals surface area contributed by atoms with Gasteiger partial charge in [-0.1, -0.05) is 45.7 Å². The number of benzene rings is 1. The van der Waals surface area contributed by atoms with E-state index in [0.29, 0.717) is 52.5 Å². The number of alkyl halides is 3. The average molecular weight is 593 g/mol. The first-order valence-corrected chi connectivity index (χ1v) is 13.1. The van der Waals surface area contributed by atoms with Crippen LogP contribution in [0.2, 0.25) is 10.0 Å². The monoisotopic (exact) mass is 592 g/mol. The molecule has 0 atom stereocenters. The molecule has 0 unspecified atom stereocenters. The summed E-state index contributed by atoms with van der Waals surface area (Å²) in [5.41, 5.74) is 0.259. The van der Waals surface area contributed by atoms with Crippen molar-refractivity contribution in [2.45, 2.75) is 50.6 Å². The molecule has 3 aromatic heterocycles. The molecule has 8 nitrogen and oxygen atoms in total. The lowest BCUT2D eigenvalue weighted by molar-refractivity contribution is -0.137. The van der Waals surface area contributed by atoms with E-state index in [1.165, 1.54) is 12.4 Å². The third kappa shape index (κ3) is 6.20. The molecule has 1 aromatic carbocycles. The Labute approximate surface area is 235 Å². The first-order valence-electron chi connectivity index (χ1n) is 12.4. The number of aromatic carboxylic acids is 1. The van der Waals surface area contributed by atoms with Crippen LogP contribution in [0.1, 0.15) is 71.2 Å². The van der Waals surface area contributed by atoms with Gasteiger partial charge in [0, 0.05) is 41.4 Å². The van der Waals surface area contributed by atoms with Gasteiger partial charge in [-0.05, 0) is 50.3 Å². The van der Waals surface area contributed by atoms with Gasteiger partial charge in [0.15, 0.2) is 0 Å². The van der Waals surface area contributed by atoms with E-state index in [4.69, 9.17) is 32.2 Å². The van der Waals surface area contributed by atoms with Gasteiger partial charge < -0.3 is 14.2 Å². The molecule has 1 saturated carbocycles. The zero-order valence-electron chi connectivity index (χ0n) is 20.7. The molecule has 13 heteroatoms. The Kier molecular flexibility index (Phi) is 7.95. The van der Waals surface area contributed by atoms with Gasteiger partial charge in [-0.3, -0.25) is 4.98 Å². The third-order valence-electron chi connectivity index (χ3n) is 6.32. The van der Waals surface area contributed by atoms with Crippen LogP contribution in [0.5, 0.6) is 0 Å². The molecule has 40 heavy (non-hydrogen) atoms. The Morgan fingerprint density at radius 1 is 1.07 bits per heavy atom. The summed E-state index contributed by atoms with van der Waals surface area (Å²) in [6.07, 6.45) is 6.83. The summed E-state index contributed by atoms with van der Waals surface area (Å²) in [7, 11) is 0. The number of nitrogens with zero attached hydrogens (tertiary/aromatic N) is 4. The van der Waals surface area contributed by atoms with Crippen molar-refractivity contribution < 1.29 is 32.1 Å². The SMILES string of the molecule is O=C(O)c1cc(-c2noc(CCCC/C=C/c3c(-c4c(Cl)cncc4Cl)noc3C3CC3)n2)cc(C(F)(F)F)c1. The van der Waals surface area contributed by atoms with Crippen LogP contribution in [0.3, 0.4) is 0 Å². The van der Waals surface area contributed by atoms with Crippen molar-refractivity contribution >= 4 is 35.2 Å². The molecular weight excluding hydrogens is 572 g/mol. The minimum absolute atomic E-state index is 0.0874. The first kappa shape index (κ1) is 27.9. The number of carbonyl (C=O) groups is 1. The minimum atomic E-state index is -4.72. The molecule has 208 valence electrons. The summed E-state index contributed by atoms with van der Waals surface area (Å²) >= 11 is 12.7. The molecule has 3 heterocycles. The highest BCUT2D eigenvalue weighted by molar-refractivity contribution is 6.39. The predicted molar refractivity (Wildman–Crippen MR) is 140 cm³/mol. The second kappa shape index (κ2) is 11.4. The molecule has 4 aromatic rings. The average Bonchev–Trinajstić information content (AvgIpc) is 3.49. The van der Waals surface area contributed by atoms with E-state index in [1.807, 2.05) is 12.2 Å². The van der Waals surface area contributed by atoms with Gasteiger partial charge in [-0.25, -0.2) is 4.79 Å². The van der Waals surface area contributed by atoms with Crippen molar-refractivity contribution in [2.75, 3.05) is 0 Å². The summed E-state index contributed by atoms with van der Waals surface area (Å²) in [6.45, 7) is 0. The Morgan fingerprint density at radius 2 is 1.82 bits per heavy atom. The molecule has 0 aliphatic heterocycles. The number of carboxylic acids is 1. The fraction of sp³-hybridized carbons (Fsp3) is 0.296. The fourth-order valence-corrected chi connectivity index (χ4v) is 4.73. The molecule has 1 aliphatic rings. The van der Waals surface area contributed by atoms with Crippen LogP contribution in [0, 0.1) is 0 Å². The zero-order valence-corrected chi connectivity index (χ0v) is 22.2. The van der Waals surface area contributed by atoms with Crippen LogP contribution in [0.4, 0.5) is 13.2 Å². The standard InChI is InChI=1S/C27H21Cl2F3N4O4/c28-19-12-33-13-20(29)22(19)23-18(24(40-35-23)14-7-8-14)5-3-1-2-4-6-21-34-25(36-39-21)15-9-16(26(37)38)11-17(10-15)27(30,31)32/h3,5,9-14H,1-2,4,6-8H2,(H,37,38)/b5-3+. The van der Waals surface area contributed by atoms with Crippen LogP contribution >= 0.6 is 23.2 Å². The van der Waals surface area contributed by atoms with Crippen LogP contribution < -0.4 is 0 Å². The number of allylic oxidation sites excluding steroid dienone is 1. The number of aryl methyl sites for hydroxylation is 1. The molecular formula is C27H21Cl2F3N4O4. The van der Waals surface area contributed by atoms with Gasteiger partial charge in [0.25, 0.3) is 0 Å². The first-order chi connectivity index (χ1) is 19.1. The molecule has 0 radical (unpaired) electrons. The van der Waals surface area contributed by atoms with Gasteiger partial charge in [-0.15, -0.1) is 0 Å². The number of carboxylic acid groups (broad SMARTS) is 1. The summed E-state index contributed by atoms with van der Waals surface area (Å²) < 4.78 is 50.5. The molecule has 1 aliphatic carbocycles. The van der Waals surface area contributed by atoms with E-state index < -0.39 is 23.3 Å². The van der Waals surface area contributed by atoms with Crippen molar-refractivity contribution in [1.29, 1.82) is 0 Å².